The van der Waals surface area contributed by atoms with Crippen molar-refractivity contribution in [3.05, 3.63) is 0 Å². The third-order valence-corrected chi connectivity index (χ3v) is 11.2. The summed E-state index contributed by atoms with van der Waals surface area (Å²) in [6, 6.07) is 0.808. The molecule has 0 aliphatic carbocycles. The van der Waals surface area contributed by atoms with Gasteiger partial charge in [0, 0.05) is 41.7 Å². The van der Waals surface area contributed by atoms with Crippen LogP contribution in [0.5, 0.6) is 0 Å². The molecule has 0 amide bonds. The number of epoxide rings is 2. The van der Waals surface area contributed by atoms with Crippen LogP contribution in [-0.2, 0) is 41.1 Å². The molecule has 0 aromatic heterocycles. The highest BCUT2D eigenvalue weighted by Crippen LogP contribution is 2.26. The molecule has 29 heavy (non-hydrogen) atoms. The van der Waals surface area contributed by atoms with Crippen molar-refractivity contribution in [2.45, 2.75) is 49.8 Å². The Kier molecular flexibility index (Phi) is 11.2. The summed E-state index contributed by atoms with van der Waals surface area (Å²) >= 11 is 0. The van der Waals surface area contributed by atoms with E-state index >= 15 is 0 Å². The molecule has 4 atom stereocenters. The number of hydrogen-bond donors (Lipinski definition) is 0. The molecule has 0 aromatic carbocycles. The summed E-state index contributed by atoms with van der Waals surface area (Å²) in [5.41, 5.74) is -0.319. The largest absolute Gasteiger partial charge is 0.529 e. The molecular weight excluding hydrogens is 416 g/mol. The predicted octanol–water partition coefficient (Wildman–Crippen LogP) is 1.51. The normalized spacial score (nSPS) is 24.3. The highest BCUT2D eigenvalue weighted by Gasteiger charge is 2.51. The maximum atomic E-state index is 6.55. The smallest absolute Gasteiger partial charge is 0.398 e. The van der Waals surface area contributed by atoms with Crippen LogP contribution in [0, 0.1) is 0 Å². The summed E-state index contributed by atoms with van der Waals surface area (Å²) < 4.78 is 51.1. The van der Waals surface area contributed by atoms with Crippen LogP contribution in [0.15, 0.2) is 0 Å². The molecule has 172 valence electrons. The van der Waals surface area contributed by atoms with E-state index in [4.69, 9.17) is 41.1 Å². The maximum Gasteiger partial charge on any atom is 0.529 e. The Morgan fingerprint density at radius 2 is 1.34 bits per heavy atom. The summed E-state index contributed by atoms with van der Waals surface area (Å²) in [5.74, 6) is 0. The summed E-state index contributed by atoms with van der Waals surface area (Å²) in [6.07, 6.45) is 2.93. The number of rotatable bonds is 19. The average Bonchev–Trinajstić information content (AvgIpc) is 3.64. The Morgan fingerprint density at radius 1 is 0.828 bits per heavy atom. The fraction of sp³-hybridized carbons (Fsp3) is 1.00. The van der Waals surface area contributed by atoms with Crippen molar-refractivity contribution in [3.63, 3.8) is 0 Å². The molecule has 0 spiro atoms. The summed E-state index contributed by atoms with van der Waals surface area (Å²) in [7, 11) is 1.07. The standard InChI is InChI=1S/C18H38O9Si2/c1-19-28(5,11-7-10-24-13-17-15-26-17)27-18(29(20-2,21-3)22-4)8-6-9-23-12-16-14-25-16/h16-18H,6-15H2,1-5H3. The van der Waals surface area contributed by atoms with E-state index < -0.39 is 17.4 Å². The van der Waals surface area contributed by atoms with E-state index in [2.05, 4.69) is 6.55 Å². The van der Waals surface area contributed by atoms with Crippen LogP contribution >= 0.6 is 0 Å². The van der Waals surface area contributed by atoms with Gasteiger partial charge in [-0.1, -0.05) is 0 Å². The van der Waals surface area contributed by atoms with Gasteiger partial charge in [-0.3, -0.25) is 0 Å². The molecule has 2 aliphatic heterocycles. The fourth-order valence-corrected chi connectivity index (χ4v) is 8.18. The molecule has 4 unspecified atom stereocenters. The third kappa shape index (κ3) is 8.99. The lowest BCUT2D eigenvalue weighted by Crippen LogP contribution is -2.59. The number of hydrogen-bond acceptors (Lipinski definition) is 9. The van der Waals surface area contributed by atoms with Gasteiger partial charge in [-0.05, 0) is 31.9 Å². The van der Waals surface area contributed by atoms with E-state index in [1.165, 1.54) is 0 Å². The van der Waals surface area contributed by atoms with Crippen molar-refractivity contribution in [3.8, 4) is 0 Å². The SMILES string of the molecule is CO[Si](C)(CCCOCC1CO1)OC(CCCOCC1CO1)[Si](OC)(OC)OC. The van der Waals surface area contributed by atoms with Crippen LogP contribution in [0.25, 0.3) is 0 Å². The first-order valence-corrected chi connectivity index (χ1v) is 14.6. The Hall–Kier alpha value is 0.0738. The van der Waals surface area contributed by atoms with Crippen LogP contribution in [0.1, 0.15) is 19.3 Å². The Labute approximate surface area is 176 Å². The van der Waals surface area contributed by atoms with Gasteiger partial charge in [0.05, 0.1) is 26.4 Å². The van der Waals surface area contributed by atoms with E-state index in [1.54, 1.807) is 28.4 Å². The first-order valence-electron chi connectivity index (χ1n) is 10.3. The van der Waals surface area contributed by atoms with Crippen molar-refractivity contribution >= 4 is 17.4 Å². The van der Waals surface area contributed by atoms with Gasteiger partial charge in [-0.25, -0.2) is 0 Å². The van der Waals surface area contributed by atoms with Gasteiger partial charge in [0.1, 0.15) is 17.9 Å². The lowest BCUT2D eigenvalue weighted by atomic mass is 10.3. The van der Waals surface area contributed by atoms with Crippen LogP contribution in [0.3, 0.4) is 0 Å². The van der Waals surface area contributed by atoms with Gasteiger partial charge < -0.3 is 41.1 Å². The second kappa shape index (κ2) is 12.8. The monoisotopic (exact) mass is 454 g/mol. The molecule has 0 aromatic rings. The zero-order valence-electron chi connectivity index (χ0n) is 18.5. The van der Waals surface area contributed by atoms with Gasteiger partial charge in [0.15, 0.2) is 0 Å². The summed E-state index contributed by atoms with van der Waals surface area (Å²) in [4.78, 5) is 0. The quantitative estimate of drug-likeness (QED) is 0.164. The molecule has 2 rings (SSSR count). The minimum atomic E-state index is -3.00. The Balaban J connectivity index is 1.84. The third-order valence-electron chi connectivity index (χ3n) is 5.16. The van der Waals surface area contributed by atoms with Crippen molar-refractivity contribution in [2.75, 3.05) is 68.1 Å². The zero-order valence-corrected chi connectivity index (χ0v) is 20.5. The van der Waals surface area contributed by atoms with E-state index in [1.807, 2.05) is 0 Å². The molecule has 2 saturated heterocycles. The fourth-order valence-electron chi connectivity index (χ4n) is 3.09. The van der Waals surface area contributed by atoms with Gasteiger partial charge in [0.2, 0.25) is 0 Å². The van der Waals surface area contributed by atoms with E-state index in [0.717, 1.165) is 32.1 Å². The lowest BCUT2D eigenvalue weighted by molar-refractivity contribution is 0.0413. The van der Waals surface area contributed by atoms with Gasteiger partial charge in [0.25, 0.3) is 0 Å². The molecule has 0 saturated carbocycles. The maximum absolute atomic E-state index is 6.55. The predicted molar refractivity (Wildman–Crippen MR) is 110 cm³/mol. The van der Waals surface area contributed by atoms with E-state index in [0.29, 0.717) is 32.8 Å². The zero-order chi connectivity index (χ0) is 21.2. The minimum Gasteiger partial charge on any atom is -0.398 e. The first kappa shape index (κ1) is 25.3. The Bertz CT molecular complexity index is 439. The Morgan fingerprint density at radius 3 is 1.79 bits per heavy atom. The molecule has 2 heterocycles. The van der Waals surface area contributed by atoms with Crippen LogP contribution in [-0.4, -0.2) is 103 Å². The second-order valence-electron chi connectivity index (χ2n) is 7.47. The molecular formula is C18H38O9Si2. The molecule has 0 radical (unpaired) electrons. The van der Waals surface area contributed by atoms with Crippen LogP contribution in [0.4, 0.5) is 0 Å². The van der Waals surface area contributed by atoms with Crippen LogP contribution < -0.4 is 0 Å². The van der Waals surface area contributed by atoms with Gasteiger partial charge >= 0.3 is 17.4 Å². The summed E-state index contributed by atoms with van der Waals surface area (Å²) in [5, 5.41) is 0. The lowest BCUT2D eigenvalue weighted by Gasteiger charge is -2.37. The number of ether oxygens (including phenoxy) is 4. The van der Waals surface area contributed by atoms with Crippen molar-refractivity contribution < 1.29 is 41.1 Å². The highest BCUT2D eigenvalue weighted by molar-refractivity contribution is 6.68. The first-order chi connectivity index (χ1) is 14.0. The van der Waals surface area contributed by atoms with Gasteiger partial charge in [-0.15, -0.1) is 0 Å². The van der Waals surface area contributed by atoms with Crippen molar-refractivity contribution in [2.24, 2.45) is 0 Å². The molecule has 0 N–H and O–H groups in total. The van der Waals surface area contributed by atoms with Crippen molar-refractivity contribution in [1.82, 2.24) is 0 Å². The van der Waals surface area contributed by atoms with Crippen molar-refractivity contribution in [1.29, 1.82) is 0 Å². The topological polar surface area (TPSA) is 89.7 Å². The molecule has 11 heteroatoms. The van der Waals surface area contributed by atoms with Gasteiger partial charge in [-0.2, -0.15) is 0 Å². The molecule has 2 fully saturated rings. The molecule has 0 bridgehead atoms. The van der Waals surface area contributed by atoms with E-state index in [-0.39, 0.29) is 17.9 Å². The minimum absolute atomic E-state index is 0.269. The second-order valence-corrected chi connectivity index (χ2v) is 14.0. The average molecular weight is 455 g/mol. The summed E-state index contributed by atoms with van der Waals surface area (Å²) in [6.45, 7) is 6.27. The van der Waals surface area contributed by atoms with E-state index in [9.17, 15) is 0 Å². The molecule has 2 aliphatic rings. The highest BCUT2D eigenvalue weighted by atomic mass is 28.4. The molecule has 9 nitrogen and oxygen atoms in total. The van der Waals surface area contributed by atoms with Crippen LogP contribution in [0.2, 0.25) is 12.6 Å².